The van der Waals surface area contributed by atoms with E-state index in [0.717, 1.165) is 31.1 Å². The molecule has 0 aromatic heterocycles. The van der Waals surface area contributed by atoms with E-state index < -0.39 is 0 Å². The van der Waals surface area contributed by atoms with E-state index >= 15 is 0 Å². The molecule has 1 aliphatic rings. The second-order valence-corrected chi connectivity index (χ2v) is 6.55. The van der Waals surface area contributed by atoms with Gasteiger partial charge in [-0.3, -0.25) is 4.90 Å². The summed E-state index contributed by atoms with van der Waals surface area (Å²) < 4.78 is 13.1. The van der Waals surface area contributed by atoms with Gasteiger partial charge in [0.2, 0.25) is 0 Å². The Hall–Kier alpha value is -0.890. The topological polar surface area (TPSA) is 3.24 Å². The molecule has 100 valence electrons. The maximum Gasteiger partial charge on any atom is 0.123 e. The van der Waals surface area contributed by atoms with Crippen LogP contribution in [-0.2, 0) is 6.54 Å². The second-order valence-electron chi connectivity index (χ2n) is 6.55. The van der Waals surface area contributed by atoms with Crippen LogP contribution in [0.1, 0.15) is 39.2 Å². The van der Waals surface area contributed by atoms with E-state index in [2.05, 4.69) is 25.7 Å². The van der Waals surface area contributed by atoms with Gasteiger partial charge >= 0.3 is 0 Å². The number of nitrogens with zero attached hydrogens (tertiary/aromatic N) is 1. The molecule has 0 N–H and O–H groups in total. The molecule has 0 bridgehead atoms. The molecule has 0 amide bonds. The van der Waals surface area contributed by atoms with Gasteiger partial charge in [0.15, 0.2) is 0 Å². The largest absolute Gasteiger partial charge is 0.299 e. The minimum atomic E-state index is -0.128. The van der Waals surface area contributed by atoms with E-state index in [0.29, 0.717) is 5.41 Å². The summed E-state index contributed by atoms with van der Waals surface area (Å²) in [5.74, 6) is 0.693. The van der Waals surface area contributed by atoms with Crippen LogP contribution in [0.4, 0.5) is 4.39 Å². The van der Waals surface area contributed by atoms with Crippen LogP contribution < -0.4 is 0 Å². The Morgan fingerprint density at radius 2 is 1.89 bits per heavy atom. The number of hydrogen-bond donors (Lipinski definition) is 0. The lowest BCUT2D eigenvalue weighted by Crippen LogP contribution is -2.37. The molecule has 1 saturated heterocycles. The van der Waals surface area contributed by atoms with Gasteiger partial charge in [-0.1, -0.05) is 32.9 Å². The monoisotopic (exact) mass is 249 g/mol. The molecule has 0 spiro atoms. The fourth-order valence-electron chi connectivity index (χ4n) is 2.85. The molecule has 0 atom stereocenters. The highest BCUT2D eigenvalue weighted by Crippen LogP contribution is 2.34. The van der Waals surface area contributed by atoms with Crippen LogP contribution in [-0.4, -0.2) is 18.0 Å². The quantitative estimate of drug-likeness (QED) is 0.763. The summed E-state index contributed by atoms with van der Waals surface area (Å²) in [7, 11) is 0. The van der Waals surface area contributed by atoms with Crippen LogP contribution in [0.25, 0.3) is 0 Å². The van der Waals surface area contributed by atoms with Crippen molar-refractivity contribution in [2.45, 2.75) is 40.2 Å². The SMILES string of the molecule is CC(C)(C)C1CCN(Cc2cccc(F)c2)CC1. The van der Waals surface area contributed by atoms with Crippen LogP contribution in [0.15, 0.2) is 24.3 Å². The molecule has 1 fully saturated rings. The number of piperidine rings is 1. The van der Waals surface area contributed by atoms with Crippen molar-refractivity contribution in [1.82, 2.24) is 4.90 Å². The molecular formula is C16H24FN. The molecule has 2 rings (SSSR count). The number of benzene rings is 1. The molecule has 1 aliphatic heterocycles. The van der Waals surface area contributed by atoms with E-state index in [9.17, 15) is 4.39 Å². The molecule has 0 aliphatic carbocycles. The van der Waals surface area contributed by atoms with Crippen LogP contribution in [0.2, 0.25) is 0 Å². The molecule has 0 saturated carbocycles. The van der Waals surface area contributed by atoms with Gasteiger partial charge in [-0.25, -0.2) is 4.39 Å². The van der Waals surface area contributed by atoms with Crippen LogP contribution in [0, 0.1) is 17.2 Å². The lowest BCUT2D eigenvalue weighted by atomic mass is 9.75. The van der Waals surface area contributed by atoms with Crippen molar-refractivity contribution in [3.8, 4) is 0 Å². The normalized spacial score (nSPS) is 19.1. The van der Waals surface area contributed by atoms with Crippen molar-refractivity contribution in [2.75, 3.05) is 13.1 Å². The maximum atomic E-state index is 13.1. The average molecular weight is 249 g/mol. The second kappa shape index (κ2) is 5.40. The molecule has 1 aromatic rings. The molecular weight excluding hydrogens is 225 g/mol. The fraction of sp³-hybridized carbons (Fsp3) is 0.625. The van der Waals surface area contributed by atoms with Crippen molar-refractivity contribution < 1.29 is 4.39 Å². The molecule has 1 aromatic carbocycles. The van der Waals surface area contributed by atoms with E-state index in [4.69, 9.17) is 0 Å². The zero-order chi connectivity index (χ0) is 13.2. The lowest BCUT2D eigenvalue weighted by Gasteiger charge is -2.38. The highest BCUT2D eigenvalue weighted by Gasteiger charge is 2.28. The van der Waals surface area contributed by atoms with Crippen LogP contribution >= 0.6 is 0 Å². The Labute approximate surface area is 110 Å². The third-order valence-corrected chi connectivity index (χ3v) is 4.11. The van der Waals surface area contributed by atoms with Gasteiger partial charge in [0.25, 0.3) is 0 Å². The zero-order valence-electron chi connectivity index (χ0n) is 11.7. The van der Waals surface area contributed by atoms with Gasteiger partial charge in [0, 0.05) is 6.54 Å². The smallest absolute Gasteiger partial charge is 0.123 e. The number of likely N-dealkylation sites (tertiary alicyclic amines) is 1. The zero-order valence-corrected chi connectivity index (χ0v) is 11.7. The first-order chi connectivity index (χ1) is 8.45. The highest BCUT2D eigenvalue weighted by molar-refractivity contribution is 5.16. The highest BCUT2D eigenvalue weighted by atomic mass is 19.1. The first-order valence-electron chi connectivity index (χ1n) is 6.92. The van der Waals surface area contributed by atoms with Gasteiger partial charge in [0.1, 0.15) is 5.82 Å². The predicted octanol–water partition coefficient (Wildman–Crippen LogP) is 4.08. The van der Waals surface area contributed by atoms with Crippen LogP contribution in [0.5, 0.6) is 0 Å². The average Bonchev–Trinajstić information content (AvgIpc) is 2.28. The van der Waals surface area contributed by atoms with Crippen molar-refractivity contribution in [1.29, 1.82) is 0 Å². The molecule has 1 heterocycles. The van der Waals surface area contributed by atoms with Crippen molar-refractivity contribution in [3.63, 3.8) is 0 Å². The maximum absolute atomic E-state index is 13.1. The Balaban J connectivity index is 1.87. The number of rotatable bonds is 2. The first-order valence-corrected chi connectivity index (χ1v) is 6.92. The molecule has 0 radical (unpaired) electrons. The van der Waals surface area contributed by atoms with Crippen molar-refractivity contribution in [3.05, 3.63) is 35.6 Å². The van der Waals surface area contributed by atoms with Crippen molar-refractivity contribution >= 4 is 0 Å². The van der Waals surface area contributed by atoms with Crippen molar-refractivity contribution in [2.24, 2.45) is 11.3 Å². The third kappa shape index (κ3) is 3.55. The lowest BCUT2D eigenvalue weighted by molar-refractivity contribution is 0.108. The predicted molar refractivity (Wildman–Crippen MR) is 73.9 cm³/mol. The standard InChI is InChI=1S/C16H24FN/c1-16(2,3)14-7-9-18(10-8-14)12-13-5-4-6-15(17)11-13/h4-6,11,14H,7-10,12H2,1-3H3. The molecule has 18 heavy (non-hydrogen) atoms. The number of halogens is 1. The Kier molecular flexibility index (Phi) is 4.06. The molecule has 0 unspecified atom stereocenters. The Morgan fingerprint density at radius 1 is 1.22 bits per heavy atom. The Morgan fingerprint density at radius 3 is 2.44 bits per heavy atom. The van der Waals surface area contributed by atoms with Gasteiger partial charge in [-0.05, 0) is 55.0 Å². The first kappa shape index (κ1) is 13.5. The van der Waals surface area contributed by atoms with E-state index in [1.54, 1.807) is 12.1 Å². The summed E-state index contributed by atoms with van der Waals surface area (Å²) in [6, 6.07) is 6.97. The fourth-order valence-corrected chi connectivity index (χ4v) is 2.85. The summed E-state index contributed by atoms with van der Waals surface area (Å²) in [6.07, 6.45) is 2.53. The van der Waals surface area contributed by atoms with E-state index in [1.807, 2.05) is 6.07 Å². The summed E-state index contributed by atoms with van der Waals surface area (Å²) in [6.45, 7) is 10.2. The summed E-state index contributed by atoms with van der Waals surface area (Å²) in [4.78, 5) is 2.44. The molecule has 2 heteroatoms. The van der Waals surface area contributed by atoms with Gasteiger partial charge in [-0.2, -0.15) is 0 Å². The van der Waals surface area contributed by atoms with E-state index in [1.165, 1.54) is 18.9 Å². The van der Waals surface area contributed by atoms with Gasteiger partial charge in [-0.15, -0.1) is 0 Å². The third-order valence-electron chi connectivity index (χ3n) is 4.11. The summed E-state index contributed by atoms with van der Waals surface area (Å²) >= 11 is 0. The number of hydrogen-bond acceptors (Lipinski definition) is 1. The van der Waals surface area contributed by atoms with Crippen LogP contribution in [0.3, 0.4) is 0 Å². The summed E-state index contributed by atoms with van der Waals surface area (Å²) in [5.41, 5.74) is 1.51. The minimum Gasteiger partial charge on any atom is -0.299 e. The van der Waals surface area contributed by atoms with E-state index in [-0.39, 0.29) is 5.82 Å². The molecule has 1 nitrogen and oxygen atoms in total. The van der Waals surface area contributed by atoms with Gasteiger partial charge in [0.05, 0.1) is 0 Å². The summed E-state index contributed by atoms with van der Waals surface area (Å²) in [5, 5.41) is 0. The Bertz CT molecular complexity index is 386. The minimum absolute atomic E-state index is 0.128. The van der Waals surface area contributed by atoms with Gasteiger partial charge < -0.3 is 0 Å².